The molecule has 0 rings (SSSR count). The van der Waals surface area contributed by atoms with Crippen molar-refractivity contribution >= 4 is 0 Å². The van der Waals surface area contributed by atoms with E-state index in [0.717, 1.165) is 0 Å². The van der Waals surface area contributed by atoms with Crippen LogP contribution in [-0.2, 0) is 0 Å². The van der Waals surface area contributed by atoms with Gasteiger partial charge in [-0.05, 0) is 18.6 Å². The number of allylic oxidation sites excluding steroid dienone is 2. The maximum Gasteiger partial charge on any atom is 0.127 e. The molecule has 56 valence electrons. The Hall–Kier alpha value is -0.890. The number of hydrogen-bond acceptors (Lipinski definition) is 1. The van der Waals surface area contributed by atoms with Gasteiger partial charge in [0.25, 0.3) is 0 Å². The van der Waals surface area contributed by atoms with Gasteiger partial charge in [-0.15, -0.1) is 0 Å². The first-order valence-electron chi connectivity index (χ1n) is 3.02. The maximum atomic E-state index is 12.7. The molecule has 0 aromatic carbocycles. The molecule has 1 atom stereocenters. The standard InChI is InChI=1S/C8H12FN/c1-4-5-8(9)6(2)7(3)10/h4-5,7H,1-2,10H2,3H3/b8-5+. The van der Waals surface area contributed by atoms with E-state index in [2.05, 4.69) is 13.2 Å². The molecule has 2 N–H and O–H groups in total. The fourth-order valence-electron chi connectivity index (χ4n) is 0.428. The number of halogens is 1. The van der Waals surface area contributed by atoms with Crippen LogP contribution in [0.2, 0.25) is 0 Å². The molecule has 0 fully saturated rings. The van der Waals surface area contributed by atoms with Crippen LogP contribution in [0.1, 0.15) is 6.92 Å². The average Bonchev–Trinajstić information content (AvgIpc) is 1.87. The first-order valence-corrected chi connectivity index (χ1v) is 3.02. The molecule has 0 bridgehead atoms. The van der Waals surface area contributed by atoms with E-state index >= 15 is 0 Å². The molecule has 0 aromatic heterocycles. The third kappa shape index (κ3) is 2.60. The fourth-order valence-corrected chi connectivity index (χ4v) is 0.428. The molecule has 0 aromatic rings. The van der Waals surface area contributed by atoms with Crippen molar-refractivity contribution in [3.8, 4) is 0 Å². The molecule has 1 unspecified atom stereocenters. The normalized spacial score (nSPS) is 14.5. The lowest BCUT2D eigenvalue weighted by molar-refractivity contribution is 0.629. The van der Waals surface area contributed by atoms with Crippen LogP contribution >= 0.6 is 0 Å². The van der Waals surface area contributed by atoms with Crippen molar-refractivity contribution in [1.29, 1.82) is 0 Å². The van der Waals surface area contributed by atoms with Gasteiger partial charge < -0.3 is 5.73 Å². The molecule has 0 heterocycles. The first-order chi connectivity index (χ1) is 4.59. The summed E-state index contributed by atoms with van der Waals surface area (Å²) in [7, 11) is 0. The monoisotopic (exact) mass is 141 g/mol. The lowest BCUT2D eigenvalue weighted by Crippen LogP contribution is -2.17. The second-order valence-electron chi connectivity index (χ2n) is 2.06. The van der Waals surface area contributed by atoms with E-state index in [1.165, 1.54) is 12.2 Å². The molecule has 1 nitrogen and oxygen atoms in total. The second-order valence-corrected chi connectivity index (χ2v) is 2.06. The minimum atomic E-state index is -0.398. The van der Waals surface area contributed by atoms with Crippen LogP contribution in [0.25, 0.3) is 0 Å². The van der Waals surface area contributed by atoms with Crippen molar-refractivity contribution in [2.24, 2.45) is 5.73 Å². The molecular weight excluding hydrogens is 129 g/mol. The third-order valence-electron chi connectivity index (χ3n) is 1.12. The van der Waals surface area contributed by atoms with E-state index in [1.54, 1.807) is 6.92 Å². The van der Waals surface area contributed by atoms with E-state index in [1.807, 2.05) is 0 Å². The molecule has 0 saturated carbocycles. The topological polar surface area (TPSA) is 26.0 Å². The van der Waals surface area contributed by atoms with E-state index in [-0.39, 0.29) is 6.04 Å². The van der Waals surface area contributed by atoms with Crippen molar-refractivity contribution in [2.45, 2.75) is 13.0 Å². The maximum absolute atomic E-state index is 12.7. The molecular formula is C8H12FN. The van der Waals surface area contributed by atoms with Crippen LogP contribution in [0.5, 0.6) is 0 Å². The summed E-state index contributed by atoms with van der Waals surface area (Å²) in [5.74, 6) is -0.398. The van der Waals surface area contributed by atoms with Gasteiger partial charge in [-0.2, -0.15) is 0 Å². The van der Waals surface area contributed by atoms with Crippen LogP contribution in [-0.4, -0.2) is 6.04 Å². The summed E-state index contributed by atoms with van der Waals surface area (Å²) in [5.41, 5.74) is 5.66. The SMILES string of the molecule is C=C/C=C(/F)C(=C)C(C)N. The summed E-state index contributed by atoms with van der Waals surface area (Å²) < 4.78 is 12.7. The van der Waals surface area contributed by atoms with Crippen molar-refractivity contribution in [3.63, 3.8) is 0 Å². The Morgan fingerprint density at radius 3 is 2.50 bits per heavy atom. The predicted molar refractivity (Wildman–Crippen MR) is 42.2 cm³/mol. The van der Waals surface area contributed by atoms with Crippen LogP contribution < -0.4 is 5.73 Å². The smallest absolute Gasteiger partial charge is 0.127 e. The zero-order valence-corrected chi connectivity index (χ0v) is 6.10. The summed E-state index contributed by atoms with van der Waals surface area (Å²) in [5, 5.41) is 0. The van der Waals surface area contributed by atoms with Crippen molar-refractivity contribution in [2.75, 3.05) is 0 Å². The van der Waals surface area contributed by atoms with E-state index in [9.17, 15) is 4.39 Å². The second kappa shape index (κ2) is 4.01. The molecule has 0 spiro atoms. The van der Waals surface area contributed by atoms with Crippen LogP contribution in [0.15, 0.2) is 36.7 Å². The van der Waals surface area contributed by atoms with Crippen molar-refractivity contribution in [3.05, 3.63) is 36.7 Å². The summed E-state index contributed by atoms with van der Waals surface area (Å²) in [6.07, 6.45) is 2.61. The fraction of sp³-hybridized carbons (Fsp3) is 0.250. The summed E-state index contributed by atoms with van der Waals surface area (Å²) in [6, 6.07) is -0.337. The van der Waals surface area contributed by atoms with Crippen LogP contribution in [0, 0.1) is 0 Å². The molecule has 0 radical (unpaired) electrons. The largest absolute Gasteiger partial charge is 0.324 e. The van der Waals surface area contributed by atoms with Gasteiger partial charge in [0.05, 0.1) is 0 Å². The molecule has 0 aliphatic carbocycles. The summed E-state index contributed by atoms with van der Waals surface area (Å²) in [6.45, 7) is 8.48. The molecule has 0 aliphatic rings. The van der Waals surface area contributed by atoms with Gasteiger partial charge >= 0.3 is 0 Å². The minimum absolute atomic E-state index is 0.305. The van der Waals surface area contributed by atoms with Crippen LogP contribution in [0.3, 0.4) is 0 Å². The van der Waals surface area contributed by atoms with Crippen LogP contribution in [0.4, 0.5) is 4.39 Å². The predicted octanol–water partition coefficient (Wildman–Crippen LogP) is 1.93. The lowest BCUT2D eigenvalue weighted by atomic mass is 10.1. The number of hydrogen-bond donors (Lipinski definition) is 1. The van der Waals surface area contributed by atoms with Gasteiger partial charge in [0.2, 0.25) is 0 Å². The van der Waals surface area contributed by atoms with Crippen molar-refractivity contribution < 1.29 is 4.39 Å². The first kappa shape index (κ1) is 9.11. The lowest BCUT2D eigenvalue weighted by Gasteiger charge is -2.04. The quantitative estimate of drug-likeness (QED) is 0.597. The Labute approximate surface area is 60.7 Å². The van der Waals surface area contributed by atoms with Gasteiger partial charge in [-0.3, -0.25) is 0 Å². The van der Waals surface area contributed by atoms with Gasteiger partial charge in [0.15, 0.2) is 0 Å². The van der Waals surface area contributed by atoms with Gasteiger partial charge in [-0.25, -0.2) is 4.39 Å². The Balaban J connectivity index is 4.21. The Morgan fingerprint density at radius 1 is 1.70 bits per heavy atom. The van der Waals surface area contributed by atoms with Crippen molar-refractivity contribution in [1.82, 2.24) is 0 Å². The third-order valence-corrected chi connectivity index (χ3v) is 1.12. The van der Waals surface area contributed by atoms with Gasteiger partial charge in [0.1, 0.15) is 5.83 Å². The van der Waals surface area contributed by atoms with E-state index in [4.69, 9.17) is 5.73 Å². The Morgan fingerprint density at radius 2 is 2.20 bits per heavy atom. The Kier molecular flexibility index (Phi) is 3.65. The highest BCUT2D eigenvalue weighted by molar-refractivity contribution is 5.28. The zero-order valence-electron chi connectivity index (χ0n) is 6.10. The minimum Gasteiger partial charge on any atom is -0.324 e. The average molecular weight is 141 g/mol. The molecule has 10 heavy (non-hydrogen) atoms. The molecule has 2 heteroatoms. The highest BCUT2D eigenvalue weighted by Crippen LogP contribution is 2.11. The number of nitrogens with two attached hydrogens (primary N) is 1. The molecule has 0 amide bonds. The number of rotatable bonds is 3. The summed E-state index contributed by atoms with van der Waals surface area (Å²) in [4.78, 5) is 0. The van der Waals surface area contributed by atoms with E-state index < -0.39 is 5.83 Å². The highest BCUT2D eigenvalue weighted by Gasteiger charge is 2.04. The Bertz CT molecular complexity index is 168. The molecule has 0 aliphatic heterocycles. The summed E-state index contributed by atoms with van der Waals surface area (Å²) >= 11 is 0. The van der Waals surface area contributed by atoms with Gasteiger partial charge in [0, 0.05) is 6.04 Å². The van der Waals surface area contributed by atoms with Gasteiger partial charge in [-0.1, -0.05) is 19.2 Å². The van der Waals surface area contributed by atoms with E-state index in [0.29, 0.717) is 5.57 Å². The molecule has 0 saturated heterocycles. The highest BCUT2D eigenvalue weighted by atomic mass is 19.1. The zero-order chi connectivity index (χ0) is 8.15.